The normalized spacial score (nSPS) is 17.1. The number of halogens is 6. The molecule has 3 rings (SSSR count). The average molecular weight is 500 g/mol. The molecule has 35 heavy (non-hydrogen) atoms. The van der Waals surface area contributed by atoms with Gasteiger partial charge in [0.1, 0.15) is 19.3 Å². The number of hydrogen-bond donors (Lipinski definition) is 0. The van der Waals surface area contributed by atoms with Crippen LogP contribution in [0.5, 0.6) is 0 Å². The van der Waals surface area contributed by atoms with Crippen LogP contribution in [0.15, 0.2) is 35.3 Å². The minimum absolute atomic E-state index is 0.0499. The molecule has 2 aromatic rings. The van der Waals surface area contributed by atoms with Crippen molar-refractivity contribution in [1.82, 2.24) is 9.47 Å². The van der Waals surface area contributed by atoms with Gasteiger partial charge < -0.3 is 4.74 Å². The number of hydrogen-bond acceptors (Lipinski definition) is 4. The summed E-state index contributed by atoms with van der Waals surface area (Å²) in [6, 6.07) is 1.80. The van der Waals surface area contributed by atoms with Crippen molar-refractivity contribution >= 4 is 19.3 Å². The first-order valence-corrected chi connectivity index (χ1v) is 10.7. The van der Waals surface area contributed by atoms with Gasteiger partial charge in [0, 0.05) is 24.4 Å². The summed E-state index contributed by atoms with van der Waals surface area (Å²) >= 11 is 0. The monoisotopic (exact) mass is 500 g/mol. The van der Waals surface area contributed by atoms with E-state index in [9.17, 15) is 35.9 Å². The average Bonchev–Trinajstić information content (AvgIpc) is 2.66. The molecule has 1 fully saturated rings. The van der Waals surface area contributed by atoms with Gasteiger partial charge in [0.05, 0.1) is 18.7 Å². The van der Waals surface area contributed by atoms with Crippen LogP contribution in [0.4, 0.5) is 26.3 Å². The summed E-state index contributed by atoms with van der Waals surface area (Å²) in [5.74, 6) is -4.92. The number of esters is 1. The molecule has 0 bridgehead atoms. The van der Waals surface area contributed by atoms with Crippen molar-refractivity contribution in [3.8, 4) is 0 Å². The fourth-order valence-electron chi connectivity index (χ4n) is 3.82. The van der Waals surface area contributed by atoms with Gasteiger partial charge in [-0.15, -0.1) is 0 Å². The van der Waals surface area contributed by atoms with E-state index in [4.69, 9.17) is 12.6 Å². The number of likely N-dealkylation sites (tertiary alicyclic amines) is 1. The summed E-state index contributed by atoms with van der Waals surface area (Å²) in [5.41, 5.74) is -4.28. The van der Waals surface area contributed by atoms with Crippen molar-refractivity contribution in [2.24, 2.45) is 0 Å². The van der Waals surface area contributed by atoms with Crippen LogP contribution in [0.1, 0.15) is 43.5 Å². The summed E-state index contributed by atoms with van der Waals surface area (Å²) in [5, 5.41) is 0. The maximum absolute atomic E-state index is 14.7. The largest absolute Gasteiger partial charge is 0.458 e. The Balaban J connectivity index is 2.12. The van der Waals surface area contributed by atoms with E-state index in [1.807, 2.05) is 0 Å². The Morgan fingerprint density at radius 1 is 1.17 bits per heavy atom. The first kappa shape index (κ1) is 26.8. The summed E-state index contributed by atoms with van der Waals surface area (Å²) < 4.78 is 88.0. The molecule has 1 aromatic carbocycles. The molecule has 1 atom stereocenters. The zero-order valence-electron chi connectivity index (χ0n) is 19.3. The molecule has 0 amide bonds. The van der Waals surface area contributed by atoms with Crippen molar-refractivity contribution in [3.05, 3.63) is 63.3 Å². The van der Waals surface area contributed by atoms with Crippen molar-refractivity contribution in [1.29, 1.82) is 0 Å². The molecule has 1 saturated heterocycles. The molecule has 1 aliphatic heterocycles. The molecule has 0 aliphatic carbocycles. The summed E-state index contributed by atoms with van der Waals surface area (Å²) in [7, 11) is 5.72. The smallest absolute Gasteiger partial charge is 0.416 e. The topological polar surface area (TPSA) is 51.5 Å². The first-order chi connectivity index (χ1) is 16.0. The van der Waals surface area contributed by atoms with Crippen LogP contribution in [0, 0.1) is 5.82 Å². The van der Waals surface area contributed by atoms with Gasteiger partial charge in [0.2, 0.25) is 0 Å². The predicted molar refractivity (Wildman–Crippen MR) is 117 cm³/mol. The van der Waals surface area contributed by atoms with Gasteiger partial charge in [-0.25, -0.2) is 18.0 Å². The first-order valence-electron chi connectivity index (χ1n) is 10.7. The van der Waals surface area contributed by atoms with E-state index >= 15 is 0 Å². The van der Waals surface area contributed by atoms with Crippen LogP contribution >= 0.6 is 0 Å². The Labute approximate surface area is 199 Å². The van der Waals surface area contributed by atoms with E-state index in [1.165, 1.54) is 31.7 Å². The highest BCUT2D eigenvalue weighted by Gasteiger charge is 2.44. The number of pyridine rings is 1. The third-order valence-corrected chi connectivity index (χ3v) is 5.30. The number of nitrogens with zero attached hydrogens (tertiary/aromatic N) is 2. The van der Waals surface area contributed by atoms with Crippen LogP contribution < -0.4 is 11.0 Å². The second kappa shape index (κ2) is 9.36. The van der Waals surface area contributed by atoms with Crippen molar-refractivity contribution < 1.29 is 35.9 Å². The summed E-state index contributed by atoms with van der Waals surface area (Å²) in [6.45, 7) is 3.26. The van der Waals surface area contributed by atoms with Gasteiger partial charge in [-0.1, -0.05) is 17.6 Å². The third kappa shape index (κ3) is 6.47. The molecule has 5 nitrogen and oxygen atoms in total. The standard InChI is InChI=1S/C23H23BF6N2O3/c1-21(2,3)35-20(34)19(15-8-14(24)4-5-17(15)25)32-10-13(6-7-31-11-22(26,27)12-31)16(9-18(32)33)23(28,29)30/h4-5,8-10,19H,6-7,11-12H2,1-3H3. The Kier molecular flexibility index (Phi) is 7.18. The second-order valence-corrected chi connectivity index (χ2v) is 9.49. The lowest BCUT2D eigenvalue weighted by Gasteiger charge is -2.38. The minimum atomic E-state index is -4.92. The maximum atomic E-state index is 14.7. The number of ether oxygens (including phenoxy) is 1. The van der Waals surface area contributed by atoms with Gasteiger partial charge in [-0.2, -0.15) is 13.2 Å². The molecule has 188 valence electrons. The minimum Gasteiger partial charge on any atom is -0.458 e. The number of carbonyl (C=O) groups is 1. The molecular weight excluding hydrogens is 477 g/mol. The zero-order chi connectivity index (χ0) is 26.3. The molecule has 12 heteroatoms. The quantitative estimate of drug-likeness (QED) is 0.348. The van der Waals surface area contributed by atoms with Crippen molar-refractivity contribution in [2.75, 3.05) is 19.6 Å². The summed E-state index contributed by atoms with van der Waals surface area (Å²) in [4.78, 5) is 27.1. The maximum Gasteiger partial charge on any atom is 0.416 e. The van der Waals surface area contributed by atoms with Crippen molar-refractivity contribution in [2.45, 2.75) is 50.9 Å². The molecule has 1 aromatic heterocycles. The lowest BCUT2D eigenvalue weighted by Crippen LogP contribution is -2.56. The highest BCUT2D eigenvalue weighted by molar-refractivity contribution is 6.32. The Hall–Kier alpha value is -2.76. The van der Waals surface area contributed by atoms with E-state index in [1.54, 1.807) is 0 Å². The molecule has 0 spiro atoms. The Bertz CT molecular complexity index is 1170. The predicted octanol–water partition coefficient (Wildman–Crippen LogP) is 3.22. The van der Waals surface area contributed by atoms with Crippen LogP contribution in [0.25, 0.3) is 0 Å². The van der Waals surface area contributed by atoms with Gasteiger partial charge in [0.25, 0.3) is 11.5 Å². The molecular formula is C23H23BF6N2O3. The van der Waals surface area contributed by atoms with Crippen molar-refractivity contribution in [3.63, 3.8) is 0 Å². The van der Waals surface area contributed by atoms with Crippen LogP contribution in [0.3, 0.4) is 0 Å². The zero-order valence-corrected chi connectivity index (χ0v) is 19.3. The molecule has 2 radical (unpaired) electrons. The van der Waals surface area contributed by atoms with E-state index in [2.05, 4.69) is 0 Å². The van der Waals surface area contributed by atoms with E-state index < -0.39 is 65.3 Å². The molecule has 1 aliphatic rings. The second-order valence-electron chi connectivity index (χ2n) is 9.49. The fraction of sp³-hybridized carbons (Fsp3) is 0.478. The highest BCUT2D eigenvalue weighted by Crippen LogP contribution is 2.33. The number of benzene rings is 1. The van der Waals surface area contributed by atoms with Gasteiger partial charge in [-0.05, 0) is 38.8 Å². The lowest BCUT2D eigenvalue weighted by molar-refractivity contribution is -0.157. The molecule has 1 unspecified atom stereocenters. The molecule has 0 saturated carbocycles. The number of alkyl halides is 5. The highest BCUT2D eigenvalue weighted by atomic mass is 19.4. The van der Waals surface area contributed by atoms with E-state index in [0.717, 1.165) is 18.3 Å². The fourth-order valence-corrected chi connectivity index (χ4v) is 3.82. The van der Waals surface area contributed by atoms with Crippen LogP contribution in [0.2, 0.25) is 0 Å². The lowest BCUT2D eigenvalue weighted by atomic mass is 9.91. The van der Waals surface area contributed by atoms with Crippen LogP contribution in [-0.2, 0) is 22.1 Å². The number of rotatable bonds is 6. The Morgan fingerprint density at radius 2 is 1.80 bits per heavy atom. The van der Waals surface area contributed by atoms with E-state index in [0.29, 0.717) is 10.6 Å². The van der Waals surface area contributed by atoms with Crippen LogP contribution in [-0.4, -0.2) is 54.4 Å². The SMILES string of the molecule is [B]c1ccc(F)c(C(C(=O)OC(C)(C)C)n2cc(CCN3CC(F)(F)C3)c(C(F)(F)F)cc2=O)c1. The third-order valence-electron chi connectivity index (χ3n) is 5.30. The number of carbonyl (C=O) groups excluding carboxylic acids is 1. The number of aromatic nitrogens is 1. The van der Waals surface area contributed by atoms with Gasteiger partial charge in [-0.3, -0.25) is 14.3 Å². The van der Waals surface area contributed by atoms with Gasteiger partial charge >= 0.3 is 12.1 Å². The van der Waals surface area contributed by atoms with E-state index in [-0.39, 0.29) is 24.0 Å². The molecule has 0 N–H and O–H groups in total. The van der Waals surface area contributed by atoms with Gasteiger partial charge in [0.15, 0.2) is 6.04 Å². The molecule has 2 heterocycles. The summed E-state index contributed by atoms with van der Waals surface area (Å²) in [6.07, 6.45) is -4.46. The Morgan fingerprint density at radius 3 is 2.34 bits per heavy atom.